The van der Waals surface area contributed by atoms with Crippen molar-refractivity contribution < 1.29 is 19.1 Å². The first kappa shape index (κ1) is 23.9. The predicted octanol–water partition coefficient (Wildman–Crippen LogP) is 6.90. The zero-order chi connectivity index (χ0) is 21.6. The Morgan fingerprint density at radius 1 is 0.767 bits per heavy atom. The number of carbonyl (C=O) groups is 2. The monoisotopic (exact) mass is 430 g/mol. The number of esters is 1. The summed E-state index contributed by atoms with van der Waals surface area (Å²) in [4.78, 5) is 24.2. The van der Waals surface area contributed by atoms with Gasteiger partial charge in [-0.05, 0) is 55.0 Å². The third kappa shape index (κ3) is 9.00. The van der Waals surface area contributed by atoms with Gasteiger partial charge < -0.3 is 9.47 Å². The first-order valence-electron chi connectivity index (χ1n) is 10.8. The topological polar surface area (TPSA) is 52.6 Å². The van der Waals surface area contributed by atoms with E-state index in [0.717, 1.165) is 12.2 Å². The standard InChI is InChI=1S/C25H31ClO4/c1-2-3-4-5-6-7-8-9-18-29-23-16-12-21(13-17-23)25(28)30-19-24(27)20-10-14-22(26)15-11-20/h10-17H,2-9,18-19H2,1H3. The van der Waals surface area contributed by atoms with Gasteiger partial charge in [-0.3, -0.25) is 4.79 Å². The first-order chi connectivity index (χ1) is 14.6. The predicted molar refractivity (Wildman–Crippen MR) is 121 cm³/mol. The third-order valence-electron chi connectivity index (χ3n) is 4.86. The van der Waals surface area contributed by atoms with E-state index in [2.05, 4.69) is 6.92 Å². The minimum Gasteiger partial charge on any atom is -0.494 e. The van der Waals surface area contributed by atoms with Gasteiger partial charge in [-0.15, -0.1) is 0 Å². The molecule has 0 spiro atoms. The van der Waals surface area contributed by atoms with Gasteiger partial charge >= 0.3 is 5.97 Å². The minimum absolute atomic E-state index is 0.273. The number of halogens is 1. The van der Waals surface area contributed by atoms with Gasteiger partial charge in [0.1, 0.15) is 5.75 Å². The summed E-state index contributed by atoms with van der Waals surface area (Å²) in [5.41, 5.74) is 0.843. The van der Waals surface area contributed by atoms with Gasteiger partial charge in [-0.25, -0.2) is 4.79 Å². The Kier molecular flexibility index (Phi) is 11.0. The number of hydrogen-bond donors (Lipinski definition) is 0. The maximum Gasteiger partial charge on any atom is 0.338 e. The molecule has 0 saturated carbocycles. The molecule has 2 aromatic rings. The Morgan fingerprint density at radius 2 is 1.33 bits per heavy atom. The number of Topliss-reactive ketones (excluding diaryl/α,β-unsaturated/α-hetero) is 1. The Hall–Kier alpha value is -2.33. The summed E-state index contributed by atoms with van der Waals surface area (Å²) >= 11 is 5.80. The van der Waals surface area contributed by atoms with Gasteiger partial charge in [0.2, 0.25) is 0 Å². The molecule has 0 saturated heterocycles. The molecule has 0 aliphatic carbocycles. The van der Waals surface area contributed by atoms with Crippen LogP contribution >= 0.6 is 11.6 Å². The van der Waals surface area contributed by atoms with E-state index >= 15 is 0 Å². The first-order valence-corrected chi connectivity index (χ1v) is 11.2. The molecule has 0 aliphatic heterocycles. The minimum atomic E-state index is -0.535. The van der Waals surface area contributed by atoms with Gasteiger partial charge in [-0.2, -0.15) is 0 Å². The van der Waals surface area contributed by atoms with Crippen LogP contribution in [-0.2, 0) is 4.74 Å². The summed E-state index contributed by atoms with van der Waals surface area (Å²) in [5.74, 6) is -0.0796. The van der Waals surface area contributed by atoms with Crippen LogP contribution in [0, 0.1) is 0 Å². The van der Waals surface area contributed by atoms with Crippen LogP contribution in [0.25, 0.3) is 0 Å². The molecule has 2 aromatic carbocycles. The summed E-state index contributed by atoms with van der Waals surface area (Å²) in [7, 11) is 0. The number of carbonyl (C=O) groups excluding carboxylic acids is 2. The molecule has 0 radical (unpaired) electrons. The quantitative estimate of drug-likeness (QED) is 0.186. The number of benzene rings is 2. The van der Waals surface area contributed by atoms with Crippen molar-refractivity contribution in [3.63, 3.8) is 0 Å². The van der Waals surface area contributed by atoms with Crippen LogP contribution < -0.4 is 4.74 Å². The van der Waals surface area contributed by atoms with Crippen LogP contribution in [0.4, 0.5) is 0 Å². The van der Waals surface area contributed by atoms with Crippen LogP contribution in [-0.4, -0.2) is 25.0 Å². The lowest BCUT2D eigenvalue weighted by Crippen LogP contribution is -2.14. The fourth-order valence-corrected chi connectivity index (χ4v) is 3.17. The van der Waals surface area contributed by atoms with Crippen molar-refractivity contribution in [3.8, 4) is 5.75 Å². The molecule has 0 N–H and O–H groups in total. The molecule has 4 nitrogen and oxygen atoms in total. The van der Waals surface area contributed by atoms with E-state index in [4.69, 9.17) is 21.1 Å². The lowest BCUT2D eigenvalue weighted by atomic mass is 10.1. The van der Waals surface area contributed by atoms with Crippen molar-refractivity contribution in [1.29, 1.82) is 0 Å². The number of hydrogen-bond acceptors (Lipinski definition) is 4. The highest BCUT2D eigenvalue weighted by molar-refractivity contribution is 6.30. The molecule has 2 rings (SSSR count). The average Bonchev–Trinajstić information content (AvgIpc) is 2.77. The molecule has 162 valence electrons. The van der Waals surface area contributed by atoms with E-state index in [1.54, 1.807) is 48.5 Å². The van der Waals surface area contributed by atoms with Crippen LogP contribution in [0.15, 0.2) is 48.5 Å². The average molecular weight is 431 g/mol. The third-order valence-corrected chi connectivity index (χ3v) is 5.11. The van der Waals surface area contributed by atoms with E-state index in [9.17, 15) is 9.59 Å². The maximum atomic E-state index is 12.1. The Balaban J connectivity index is 1.64. The van der Waals surface area contributed by atoms with Crippen molar-refractivity contribution in [3.05, 3.63) is 64.7 Å². The lowest BCUT2D eigenvalue weighted by Gasteiger charge is -2.08. The van der Waals surface area contributed by atoms with Crippen LogP contribution in [0.1, 0.15) is 79.0 Å². The molecular weight excluding hydrogens is 400 g/mol. The van der Waals surface area contributed by atoms with E-state index in [-0.39, 0.29) is 12.4 Å². The molecule has 0 aliphatic rings. The molecule has 0 aromatic heterocycles. The molecule has 0 atom stereocenters. The Morgan fingerprint density at radius 3 is 1.97 bits per heavy atom. The van der Waals surface area contributed by atoms with Crippen LogP contribution in [0.5, 0.6) is 5.75 Å². The fourth-order valence-electron chi connectivity index (χ4n) is 3.05. The molecule has 0 heterocycles. The van der Waals surface area contributed by atoms with E-state index < -0.39 is 5.97 Å². The largest absolute Gasteiger partial charge is 0.494 e. The second-order valence-electron chi connectivity index (χ2n) is 7.35. The summed E-state index contributed by atoms with van der Waals surface area (Å²) < 4.78 is 10.8. The molecular formula is C25H31ClO4. The fraction of sp³-hybridized carbons (Fsp3) is 0.440. The number of unbranched alkanes of at least 4 members (excludes halogenated alkanes) is 7. The van der Waals surface area contributed by atoms with Crippen molar-refractivity contribution in [2.75, 3.05) is 13.2 Å². The highest BCUT2D eigenvalue weighted by Gasteiger charge is 2.12. The molecule has 30 heavy (non-hydrogen) atoms. The van der Waals surface area contributed by atoms with E-state index in [1.165, 1.54) is 44.9 Å². The second kappa shape index (κ2) is 13.8. The van der Waals surface area contributed by atoms with Gasteiger partial charge in [0, 0.05) is 10.6 Å². The van der Waals surface area contributed by atoms with Crippen molar-refractivity contribution in [2.24, 2.45) is 0 Å². The van der Waals surface area contributed by atoms with E-state index in [0.29, 0.717) is 22.8 Å². The van der Waals surface area contributed by atoms with E-state index in [1.807, 2.05) is 0 Å². The van der Waals surface area contributed by atoms with Crippen molar-refractivity contribution in [2.45, 2.75) is 58.3 Å². The maximum absolute atomic E-state index is 12.1. The molecule has 0 amide bonds. The van der Waals surface area contributed by atoms with Gasteiger partial charge in [0.05, 0.1) is 12.2 Å². The highest BCUT2D eigenvalue weighted by atomic mass is 35.5. The summed E-state index contributed by atoms with van der Waals surface area (Å²) in [5, 5.41) is 0.549. The molecule has 0 bridgehead atoms. The van der Waals surface area contributed by atoms with Crippen molar-refractivity contribution >= 4 is 23.4 Å². The van der Waals surface area contributed by atoms with Crippen LogP contribution in [0.2, 0.25) is 5.02 Å². The van der Waals surface area contributed by atoms with Crippen LogP contribution in [0.3, 0.4) is 0 Å². The summed E-state index contributed by atoms with van der Waals surface area (Å²) in [6.45, 7) is 2.60. The molecule has 5 heteroatoms. The summed E-state index contributed by atoms with van der Waals surface area (Å²) in [6, 6.07) is 13.3. The Labute approximate surface area is 184 Å². The zero-order valence-corrected chi connectivity index (χ0v) is 18.5. The lowest BCUT2D eigenvalue weighted by molar-refractivity contribution is 0.0474. The second-order valence-corrected chi connectivity index (χ2v) is 7.79. The molecule has 0 unspecified atom stereocenters. The zero-order valence-electron chi connectivity index (χ0n) is 17.7. The molecule has 0 fully saturated rings. The summed E-state index contributed by atoms with van der Waals surface area (Å²) in [6.07, 6.45) is 10.1. The number of rotatable bonds is 14. The Bertz CT molecular complexity index is 769. The smallest absolute Gasteiger partial charge is 0.338 e. The van der Waals surface area contributed by atoms with Gasteiger partial charge in [0.25, 0.3) is 0 Å². The normalized spacial score (nSPS) is 10.6. The SMILES string of the molecule is CCCCCCCCCCOc1ccc(C(=O)OCC(=O)c2ccc(Cl)cc2)cc1. The highest BCUT2D eigenvalue weighted by Crippen LogP contribution is 2.15. The van der Waals surface area contributed by atoms with Gasteiger partial charge in [0.15, 0.2) is 12.4 Å². The number of ketones is 1. The van der Waals surface area contributed by atoms with Gasteiger partial charge in [-0.1, -0.05) is 63.5 Å². The number of ether oxygens (including phenoxy) is 2. The van der Waals surface area contributed by atoms with Crippen molar-refractivity contribution in [1.82, 2.24) is 0 Å².